The van der Waals surface area contributed by atoms with Crippen molar-refractivity contribution in [3.05, 3.63) is 24.3 Å². The number of rotatable bonds is 4. The number of anilines is 3. The van der Waals surface area contributed by atoms with E-state index in [0.717, 1.165) is 56.5 Å². The number of hydrogen-bond acceptors (Lipinski definition) is 9. The molecule has 2 saturated heterocycles. The first kappa shape index (κ1) is 17.9. The largest absolute Gasteiger partial charge is 0.495 e. The minimum absolute atomic E-state index is 0.601. The number of ether oxygens (including phenoxy) is 2. The predicted octanol–water partition coefficient (Wildman–Crippen LogP) is 0.920. The molecule has 2 aliphatic heterocycles. The topological polar surface area (TPSA) is 95.5 Å². The molecule has 0 unspecified atom stereocenters. The molecule has 0 spiro atoms. The molecule has 0 aliphatic carbocycles. The van der Waals surface area contributed by atoms with E-state index < -0.39 is 0 Å². The van der Waals surface area contributed by atoms with Crippen LogP contribution in [0.1, 0.15) is 0 Å². The van der Waals surface area contributed by atoms with Gasteiger partial charge in [0, 0.05) is 39.3 Å². The molecule has 0 radical (unpaired) electrons. The first-order valence-electron chi connectivity index (χ1n) is 9.87. The minimum atomic E-state index is 0.601. The lowest BCUT2D eigenvalue weighted by atomic mass is 10.2. The summed E-state index contributed by atoms with van der Waals surface area (Å²) in [5, 5.41) is 11.2. The maximum Gasteiger partial charge on any atom is 0.229 e. The number of H-pyrrole nitrogens is 1. The van der Waals surface area contributed by atoms with Crippen LogP contribution in [0.5, 0.6) is 5.75 Å². The fraction of sp³-hybridized carbons (Fsp3) is 0.474. The minimum Gasteiger partial charge on any atom is -0.495 e. The van der Waals surface area contributed by atoms with Crippen molar-refractivity contribution in [1.82, 2.24) is 25.4 Å². The average Bonchev–Trinajstić information content (AvgIpc) is 3.28. The highest BCUT2D eigenvalue weighted by molar-refractivity contribution is 5.83. The van der Waals surface area contributed by atoms with Crippen molar-refractivity contribution in [3.63, 3.8) is 0 Å². The number of aromatic amines is 1. The highest BCUT2D eigenvalue weighted by atomic mass is 16.5. The molecule has 2 aliphatic rings. The smallest absolute Gasteiger partial charge is 0.229 e. The Morgan fingerprint density at radius 3 is 2.45 bits per heavy atom. The van der Waals surface area contributed by atoms with Gasteiger partial charge in [0.1, 0.15) is 5.75 Å². The number of fused-ring (bicyclic) bond motifs is 1. The maximum atomic E-state index is 5.52. The van der Waals surface area contributed by atoms with Crippen LogP contribution in [0.25, 0.3) is 11.2 Å². The third kappa shape index (κ3) is 3.39. The van der Waals surface area contributed by atoms with Crippen molar-refractivity contribution in [2.45, 2.75) is 0 Å². The lowest BCUT2D eigenvalue weighted by molar-refractivity contribution is 0.122. The molecule has 2 fully saturated rings. The van der Waals surface area contributed by atoms with Crippen molar-refractivity contribution in [2.24, 2.45) is 0 Å². The van der Waals surface area contributed by atoms with Gasteiger partial charge in [0.25, 0.3) is 0 Å². The van der Waals surface area contributed by atoms with E-state index in [1.54, 1.807) is 7.11 Å². The molecule has 2 aromatic heterocycles. The number of methoxy groups -OCH3 is 1. The quantitative estimate of drug-likeness (QED) is 0.690. The summed E-state index contributed by atoms with van der Waals surface area (Å²) in [4.78, 5) is 16.3. The van der Waals surface area contributed by atoms with Crippen LogP contribution in [-0.2, 0) is 4.74 Å². The van der Waals surface area contributed by atoms with Crippen LogP contribution in [0.3, 0.4) is 0 Å². The molecule has 1 N–H and O–H groups in total. The monoisotopic (exact) mass is 396 g/mol. The number of piperazine rings is 1. The summed E-state index contributed by atoms with van der Waals surface area (Å²) in [5.41, 5.74) is 2.43. The lowest BCUT2D eigenvalue weighted by Gasteiger charge is -2.37. The molecule has 4 heterocycles. The van der Waals surface area contributed by atoms with E-state index in [2.05, 4.69) is 41.2 Å². The van der Waals surface area contributed by atoms with E-state index in [4.69, 9.17) is 14.5 Å². The van der Waals surface area contributed by atoms with Gasteiger partial charge in [-0.2, -0.15) is 20.3 Å². The zero-order chi connectivity index (χ0) is 19.6. The molecular formula is C19H24N8O2. The van der Waals surface area contributed by atoms with Crippen molar-refractivity contribution < 1.29 is 9.47 Å². The molecule has 0 amide bonds. The molecule has 0 atom stereocenters. The second kappa shape index (κ2) is 7.70. The molecule has 10 nitrogen and oxygen atoms in total. The van der Waals surface area contributed by atoms with Crippen LogP contribution in [0, 0.1) is 0 Å². The number of para-hydroxylation sites is 2. The molecule has 0 saturated carbocycles. The maximum absolute atomic E-state index is 5.52. The Labute approximate surface area is 168 Å². The van der Waals surface area contributed by atoms with Gasteiger partial charge in [-0.25, -0.2) is 0 Å². The van der Waals surface area contributed by atoms with Gasteiger partial charge < -0.3 is 24.2 Å². The Morgan fingerprint density at radius 2 is 1.66 bits per heavy atom. The van der Waals surface area contributed by atoms with Gasteiger partial charge in [0.15, 0.2) is 11.3 Å². The standard InChI is InChI=1S/C19H24N8O2/c1-28-15-5-3-2-4-14(15)25-6-8-27(9-7-25)19-20-17-16(22-24-23-17)18(21-19)26-10-12-29-13-11-26/h2-5H,6-13H2,1H3,(H,20,21,22,23,24). The van der Waals surface area contributed by atoms with Crippen LogP contribution in [-0.4, -0.2) is 85.0 Å². The second-order valence-electron chi connectivity index (χ2n) is 7.09. The van der Waals surface area contributed by atoms with Gasteiger partial charge >= 0.3 is 0 Å². The van der Waals surface area contributed by atoms with E-state index in [9.17, 15) is 0 Å². The first-order valence-corrected chi connectivity index (χ1v) is 9.87. The fourth-order valence-electron chi connectivity index (χ4n) is 3.90. The van der Waals surface area contributed by atoms with Crippen LogP contribution < -0.4 is 19.4 Å². The van der Waals surface area contributed by atoms with Gasteiger partial charge in [-0.3, -0.25) is 0 Å². The van der Waals surface area contributed by atoms with E-state index >= 15 is 0 Å². The summed E-state index contributed by atoms with van der Waals surface area (Å²) in [7, 11) is 1.71. The van der Waals surface area contributed by atoms with Gasteiger partial charge in [-0.15, -0.1) is 5.10 Å². The van der Waals surface area contributed by atoms with Gasteiger partial charge in [-0.1, -0.05) is 12.1 Å². The Balaban J connectivity index is 1.38. The van der Waals surface area contributed by atoms with E-state index in [0.29, 0.717) is 30.3 Å². The molecule has 29 heavy (non-hydrogen) atoms. The fourth-order valence-corrected chi connectivity index (χ4v) is 3.90. The first-order chi connectivity index (χ1) is 14.3. The van der Waals surface area contributed by atoms with Crippen molar-refractivity contribution in [1.29, 1.82) is 0 Å². The summed E-state index contributed by atoms with van der Waals surface area (Å²) in [5.74, 6) is 2.43. The normalized spacial score (nSPS) is 17.8. The van der Waals surface area contributed by atoms with Crippen molar-refractivity contribution in [3.8, 4) is 5.75 Å². The molecular weight excluding hydrogens is 372 g/mol. The van der Waals surface area contributed by atoms with Gasteiger partial charge in [0.05, 0.1) is 26.0 Å². The number of aromatic nitrogens is 5. The molecule has 1 aromatic carbocycles. The summed E-state index contributed by atoms with van der Waals surface area (Å²) >= 11 is 0. The summed E-state index contributed by atoms with van der Waals surface area (Å²) < 4.78 is 11.0. The number of benzene rings is 1. The number of hydrogen-bond donors (Lipinski definition) is 1. The summed E-state index contributed by atoms with van der Waals surface area (Å²) in [6.45, 7) is 6.35. The number of morpholine rings is 1. The highest BCUT2D eigenvalue weighted by Gasteiger charge is 2.25. The van der Waals surface area contributed by atoms with E-state index in [1.165, 1.54) is 0 Å². The Bertz CT molecular complexity index is 979. The zero-order valence-corrected chi connectivity index (χ0v) is 16.4. The lowest BCUT2D eigenvalue weighted by Crippen LogP contribution is -2.47. The van der Waals surface area contributed by atoms with Crippen molar-refractivity contribution in [2.75, 3.05) is 74.3 Å². The molecule has 10 heteroatoms. The van der Waals surface area contributed by atoms with E-state index in [-0.39, 0.29) is 0 Å². The SMILES string of the molecule is COc1ccccc1N1CCN(c2nc(N3CCOCC3)c3n[nH]nc3n2)CC1. The molecule has 3 aromatic rings. The van der Waals surface area contributed by atoms with Crippen LogP contribution in [0.2, 0.25) is 0 Å². The Hall–Kier alpha value is -3.14. The second-order valence-corrected chi connectivity index (χ2v) is 7.09. The third-order valence-corrected chi connectivity index (χ3v) is 5.45. The van der Waals surface area contributed by atoms with Crippen LogP contribution in [0.15, 0.2) is 24.3 Å². The summed E-state index contributed by atoms with van der Waals surface area (Å²) in [6, 6.07) is 8.13. The third-order valence-electron chi connectivity index (χ3n) is 5.45. The average molecular weight is 396 g/mol. The zero-order valence-electron chi connectivity index (χ0n) is 16.4. The van der Waals surface area contributed by atoms with Crippen molar-refractivity contribution >= 4 is 28.6 Å². The van der Waals surface area contributed by atoms with Gasteiger partial charge in [0.2, 0.25) is 11.6 Å². The number of nitrogens with zero attached hydrogens (tertiary/aromatic N) is 7. The van der Waals surface area contributed by atoms with Crippen LogP contribution >= 0.6 is 0 Å². The summed E-state index contributed by atoms with van der Waals surface area (Å²) in [6.07, 6.45) is 0. The van der Waals surface area contributed by atoms with Gasteiger partial charge in [-0.05, 0) is 12.1 Å². The number of nitrogens with one attached hydrogen (secondary N) is 1. The predicted molar refractivity (Wildman–Crippen MR) is 110 cm³/mol. The highest BCUT2D eigenvalue weighted by Crippen LogP contribution is 2.30. The Morgan fingerprint density at radius 1 is 0.897 bits per heavy atom. The van der Waals surface area contributed by atoms with Crippen LogP contribution in [0.4, 0.5) is 17.5 Å². The molecule has 152 valence electrons. The molecule has 5 rings (SSSR count). The van der Waals surface area contributed by atoms with E-state index in [1.807, 2.05) is 18.2 Å². The molecule has 0 bridgehead atoms. The Kier molecular flexibility index (Phi) is 4.76.